The highest BCUT2D eigenvalue weighted by atomic mass is 16.4. The zero-order valence-electron chi connectivity index (χ0n) is 12.1. The van der Waals surface area contributed by atoms with Gasteiger partial charge < -0.3 is 10.8 Å². The van der Waals surface area contributed by atoms with Crippen LogP contribution in [0.5, 0.6) is 0 Å². The predicted molar refractivity (Wildman–Crippen MR) is 72.7 cm³/mol. The van der Waals surface area contributed by atoms with Crippen molar-refractivity contribution in [2.24, 2.45) is 17.1 Å². The Balaban J connectivity index is 3.06. The summed E-state index contributed by atoms with van der Waals surface area (Å²) in [7, 11) is 0. The van der Waals surface area contributed by atoms with E-state index in [1.165, 1.54) is 6.33 Å². The maximum absolute atomic E-state index is 11.7. The molecule has 0 saturated carbocycles. The van der Waals surface area contributed by atoms with Gasteiger partial charge >= 0.3 is 5.97 Å². The summed E-state index contributed by atoms with van der Waals surface area (Å²) >= 11 is 0. The third kappa shape index (κ3) is 3.53. The number of hydrogen-bond donors (Lipinski definition) is 2. The Labute approximate surface area is 114 Å². The van der Waals surface area contributed by atoms with Crippen LogP contribution < -0.4 is 5.73 Å². The molecule has 3 N–H and O–H groups in total. The smallest absolute Gasteiger partial charge is 0.311 e. The van der Waals surface area contributed by atoms with Gasteiger partial charge in [-0.3, -0.25) is 4.79 Å². The molecule has 6 heteroatoms. The Morgan fingerprint density at radius 1 is 1.47 bits per heavy atom. The highest BCUT2D eigenvalue weighted by Crippen LogP contribution is 2.30. The van der Waals surface area contributed by atoms with E-state index in [2.05, 4.69) is 10.1 Å². The summed E-state index contributed by atoms with van der Waals surface area (Å²) in [6.07, 6.45) is 2.31. The maximum atomic E-state index is 11.7. The number of carboxylic acid groups (broad SMARTS) is 1. The molecule has 1 heterocycles. The Hall–Kier alpha value is -1.43. The lowest BCUT2D eigenvalue weighted by Gasteiger charge is -2.29. The molecule has 1 aromatic heterocycles. The van der Waals surface area contributed by atoms with Crippen LogP contribution in [0.2, 0.25) is 0 Å². The molecule has 0 saturated heterocycles. The van der Waals surface area contributed by atoms with E-state index in [9.17, 15) is 9.90 Å². The molecule has 1 atom stereocenters. The van der Waals surface area contributed by atoms with Crippen molar-refractivity contribution in [2.45, 2.75) is 46.6 Å². The molecule has 0 aliphatic carbocycles. The normalized spacial score (nSPS) is 14.9. The highest BCUT2D eigenvalue weighted by Gasteiger charge is 2.39. The zero-order chi connectivity index (χ0) is 14.6. The largest absolute Gasteiger partial charge is 0.481 e. The van der Waals surface area contributed by atoms with E-state index in [1.807, 2.05) is 27.7 Å². The van der Waals surface area contributed by atoms with Crippen LogP contribution >= 0.6 is 0 Å². The van der Waals surface area contributed by atoms with Crippen LogP contribution in [-0.4, -0.2) is 32.4 Å². The molecular weight excluding hydrogens is 244 g/mol. The van der Waals surface area contributed by atoms with Crippen molar-refractivity contribution in [1.82, 2.24) is 14.8 Å². The van der Waals surface area contributed by atoms with Crippen molar-refractivity contribution in [3.8, 4) is 0 Å². The van der Waals surface area contributed by atoms with Gasteiger partial charge in [0.25, 0.3) is 0 Å². The van der Waals surface area contributed by atoms with Crippen LogP contribution in [-0.2, 0) is 11.2 Å². The molecule has 1 unspecified atom stereocenters. The topological polar surface area (TPSA) is 94.0 Å². The summed E-state index contributed by atoms with van der Waals surface area (Å²) < 4.78 is 1.76. The molecule has 0 radical (unpaired) electrons. The van der Waals surface area contributed by atoms with Crippen LogP contribution in [0.1, 0.15) is 46.0 Å². The number of aliphatic carboxylic acids is 1. The van der Waals surface area contributed by atoms with Crippen molar-refractivity contribution < 1.29 is 9.90 Å². The lowest BCUT2D eigenvalue weighted by Crippen LogP contribution is -2.42. The minimum absolute atomic E-state index is 0.103. The van der Waals surface area contributed by atoms with E-state index in [0.717, 1.165) is 0 Å². The molecule has 0 spiro atoms. The number of nitrogens with zero attached hydrogens (tertiary/aromatic N) is 3. The summed E-state index contributed by atoms with van der Waals surface area (Å²) in [5, 5.41) is 13.7. The molecule has 0 amide bonds. The molecule has 19 heavy (non-hydrogen) atoms. The van der Waals surface area contributed by atoms with Crippen LogP contribution in [0.15, 0.2) is 6.33 Å². The third-order valence-corrected chi connectivity index (χ3v) is 3.28. The van der Waals surface area contributed by atoms with Gasteiger partial charge in [-0.15, -0.1) is 0 Å². The molecule has 1 rings (SSSR count). The molecule has 0 aromatic carbocycles. The van der Waals surface area contributed by atoms with Crippen molar-refractivity contribution >= 4 is 5.97 Å². The number of carbonyl (C=O) groups is 1. The molecule has 0 aliphatic rings. The van der Waals surface area contributed by atoms with Crippen LogP contribution in [0.4, 0.5) is 0 Å². The van der Waals surface area contributed by atoms with Gasteiger partial charge in [0.05, 0.1) is 5.41 Å². The predicted octanol–water partition coefficient (Wildman–Crippen LogP) is 1.48. The number of rotatable bonds is 7. The molecule has 6 nitrogen and oxygen atoms in total. The lowest BCUT2D eigenvalue weighted by atomic mass is 9.77. The van der Waals surface area contributed by atoms with Crippen molar-refractivity contribution in [3.05, 3.63) is 12.2 Å². The number of aromatic nitrogens is 3. The molecule has 108 valence electrons. The summed E-state index contributed by atoms with van der Waals surface area (Å²) in [6, 6.07) is 0.154. The third-order valence-electron chi connectivity index (χ3n) is 3.28. The summed E-state index contributed by atoms with van der Waals surface area (Å²) in [6.45, 7) is 8.09. The standard InChI is InChI=1S/C13H24N4O2/c1-9(2)5-13(7-14,12(18)19)6-11-15-8-16-17(11)10(3)4/h8-10H,5-7,14H2,1-4H3,(H,18,19). The van der Waals surface area contributed by atoms with E-state index < -0.39 is 11.4 Å². The van der Waals surface area contributed by atoms with Gasteiger partial charge in [0.2, 0.25) is 0 Å². The van der Waals surface area contributed by atoms with Crippen LogP contribution in [0, 0.1) is 11.3 Å². The second-order valence-corrected chi connectivity index (χ2v) is 5.78. The quantitative estimate of drug-likeness (QED) is 0.781. The molecule has 0 bridgehead atoms. The summed E-state index contributed by atoms with van der Waals surface area (Å²) in [5.41, 5.74) is 4.80. The van der Waals surface area contributed by atoms with Crippen LogP contribution in [0.3, 0.4) is 0 Å². The fourth-order valence-corrected chi connectivity index (χ4v) is 2.39. The second kappa shape index (κ2) is 6.14. The van der Waals surface area contributed by atoms with Crippen LogP contribution in [0.25, 0.3) is 0 Å². The number of nitrogens with two attached hydrogens (primary N) is 1. The van der Waals surface area contributed by atoms with Gasteiger partial charge in [0, 0.05) is 19.0 Å². The Kier molecular flexibility index (Phi) is 5.05. The summed E-state index contributed by atoms with van der Waals surface area (Å²) in [4.78, 5) is 15.9. The fourth-order valence-electron chi connectivity index (χ4n) is 2.39. The van der Waals surface area contributed by atoms with Gasteiger partial charge in [0.1, 0.15) is 12.2 Å². The first-order valence-electron chi connectivity index (χ1n) is 6.64. The second-order valence-electron chi connectivity index (χ2n) is 5.78. The lowest BCUT2D eigenvalue weighted by molar-refractivity contribution is -0.149. The van der Waals surface area contributed by atoms with E-state index in [4.69, 9.17) is 5.73 Å². The Bertz CT molecular complexity index is 428. The van der Waals surface area contributed by atoms with Gasteiger partial charge in [0.15, 0.2) is 0 Å². The van der Waals surface area contributed by atoms with Crippen molar-refractivity contribution in [3.63, 3.8) is 0 Å². The molecular formula is C13H24N4O2. The number of hydrogen-bond acceptors (Lipinski definition) is 4. The highest BCUT2D eigenvalue weighted by molar-refractivity contribution is 5.75. The number of carboxylic acids is 1. The van der Waals surface area contributed by atoms with Crippen molar-refractivity contribution in [2.75, 3.05) is 6.54 Å². The SMILES string of the molecule is CC(C)CC(CN)(Cc1ncnn1C(C)C)C(=O)O. The van der Waals surface area contributed by atoms with E-state index in [0.29, 0.717) is 18.7 Å². The van der Waals surface area contributed by atoms with E-state index in [1.54, 1.807) is 4.68 Å². The fraction of sp³-hybridized carbons (Fsp3) is 0.769. The monoisotopic (exact) mass is 268 g/mol. The average Bonchev–Trinajstić information content (AvgIpc) is 2.75. The summed E-state index contributed by atoms with van der Waals surface area (Å²) in [5.74, 6) is 0.0839. The van der Waals surface area contributed by atoms with Gasteiger partial charge in [-0.05, 0) is 26.2 Å². The zero-order valence-corrected chi connectivity index (χ0v) is 12.1. The Morgan fingerprint density at radius 2 is 2.11 bits per heavy atom. The minimum atomic E-state index is -0.964. The maximum Gasteiger partial charge on any atom is 0.311 e. The molecule has 0 fully saturated rings. The van der Waals surface area contributed by atoms with Gasteiger partial charge in [-0.1, -0.05) is 13.8 Å². The molecule has 1 aromatic rings. The van der Waals surface area contributed by atoms with E-state index in [-0.39, 0.29) is 18.5 Å². The Morgan fingerprint density at radius 3 is 2.53 bits per heavy atom. The first-order chi connectivity index (χ1) is 8.82. The first kappa shape index (κ1) is 15.6. The average molecular weight is 268 g/mol. The first-order valence-corrected chi connectivity index (χ1v) is 6.64. The van der Waals surface area contributed by atoms with E-state index >= 15 is 0 Å². The molecule has 0 aliphatic heterocycles. The minimum Gasteiger partial charge on any atom is -0.481 e. The van der Waals surface area contributed by atoms with Gasteiger partial charge in [-0.2, -0.15) is 5.10 Å². The van der Waals surface area contributed by atoms with Crippen molar-refractivity contribution in [1.29, 1.82) is 0 Å². The van der Waals surface area contributed by atoms with Gasteiger partial charge in [-0.25, -0.2) is 9.67 Å².